The standard InChI is InChI=1S/C20H24F2N4O2/c1-3-23-20(24-12-15-7-6-9-17(11-15)26-14(2)27)25-13-16-8-4-5-10-18(16)28-19(21)22/h4-11,19H,3,12-13H2,1-2H3,(H,26,27)(H2,23,24,25). The van der Waals surface area contributed by atoms with Gasteiger partial charge in [0.1, 0.15) is 5.75 Å². The van der Waals surface area contributed by atoms with Gasteiger partial charge in [-0.25, -0.2) is 4.99 Å². The molecule has 2 rings (SSSR count). The van der Waals surface area contributed by atoms with Crippen molar-refractivity contribution in [1.82, 2.24) is 10.6 Å². The number of guanidine groups is 1. The number of carbonyl (C=O) groups excluding carboxylic acids is 1. The van der Waals surface area contributed by atoms with Crippen LogP contribution in [-0.4, -0.2) is 25.0 Å². The quantitative estimate of drug-likeness (QED) is 0.476. The minimum Gasteiger partial charge on any atom is -0.434 e. The van der Waals surface area contributed by atoms with Crippen molar-refractivity contribution < 1.29 is 18.3 Å². The fraction of sp³-hybridized carbons (Fsp3) is 0.300. The molecule has 28 heavy (non-hydrogen) atoms. The predicted molar refractivity (Wildman–Crippen MR) is 105 cm³/mol. The second-order valence-electron chi connectivity index (χ2n) is 5.92. The second kappa shape index (κ2) is 10.9. The number of para-hydroxylation sites is 1. The van der Waals surface area contributed by atoms with Gasteiger partial charge in [-0.05, 0) is 30.7 Å². The Kier molecular flexibility index (Phi) is 8.20. The molecule has 3 N–H and O–H groups in total. The lowest BCUT2D eigenvalue weighted by molar-refractivity contribution is -0.114. The molecule has 6 nitrogen and oxygen atoms in total. The molecule has 2 aromatic carbocycles. The average molecular weight is 390 g/mol. The van der Waals surface area contributed by atoms with Crippen LogP contribution in [0.25, 0.3) is 0 Å². The normalized spacial score (nSPS) is 11.2. The van der Waals surface area contributed by atoms with Gasteiger partial charge < -0.3 is 20.7 Å². The fourth-order valence-corrected chi connectivity index (χ4v) is 2.50. The molecule has 1 amide bonds. The van der Waals surface area contributed by atoms with Gasteiger partial charge in [0.15, 0.2) is 5.96 Å². The number of rotatable bonds is 8. The van der Waals surface area contributed by atoms with Gasteiger partial charge in [0.25, 0.3) is 0 Å². The number of nitrogens with one attached hydrogen (secondary N) is 3. The molecule has 0 aliphatic heterocycles. The van der Waals surface area contributed by atoms with Crippen molar-refractivity contribution >= 4 is 17.6 Å². The van der Waals surface area contributed by atoms with Crippen LogP contribution in [0.15, 0.2) is 53.5 Å². The summed E-state index contributed by atoms with van der Waals surface area (Å²) in [5.41, 5.74) is 2.22. The highest BCUT2D eigenvalue weighted by atomic mass is 19.3. The summed E-state index contributed by atoms with van der Waals surface area (Å²) < 4.78 is 29.6. The number of hydrogen-bond donors (Lipinski definition) is 3. The molecule has 0 saturated heterocycles. The molecule has 0 fully saturated rings. The van der Waals surface area contributed by atoms with Crippen LogP contribution in [0.1, 0.15) is 25.0 Å². The highest BCUT2D eigenvalue weighted by Crippen LogP contribution is 2.20. The third-order valence-electron chi connectivity index (χ3n) is 3.65. The first kappa shape index (κ1) is 21.1. The Bertz CT molecular complexity index is 812. The highest BCUT2D eigenvalue weighted by Gasteiger charge is 2.09. The largest absolute Gasteiger partial charge is 0.434 e. The first-order valence-corrected chi connectivity index (χ1v) is 8.89. The first-order valence-electron chi connectivity index (χ1n) is 8.89. The number of anilines is 1. The SMILES string of the molecule is CCNC(=NCc1cccc(NC(C)=O)c1)NCc1ccccc1OC(F)F. The highest BCUT2D eigenvalue weighted by molar-refractivity contribution is 5.88. The maximum Gasteiger partial charge on any atom is 0.387 e. The number of alkyl halides is 2. The zero-order valence-corrected chi connectivity index (χ0v) is 15.8. The summed E-state index contributed by atoms with van der Waals surface area (Å²) in [7, 11) is 0. The minimum atomic E-state index is -2.88. The number of aliphatic imine (C=N–C) groups is 1. The molecule has 0 aromatic heterocycles. The Morgan fingerprint density at radius 3 is 2.64 bits per heavy atom. The summed E-state index contributed by atoms with van der Waals surface area (Å²) in [5.74, 6) is 0.531. The molecule has 0 heterocycles. The van der Waals surface area contributed by atoms with Gasteiger partial charge in [-0.1, -0.05) is 30.3 Å². The monoisotopic (exact) mass is 390 g/mol. The van der Waals surface area contributed by atoms with E-state index in [9.17, 15) is 13.6 Å². The topological polar surface area (TPSA) is 74.8 Å². The third-order valence-corrected chi connectivity index (χ3v) is 3.65. The second-order valence-corrected chi connectivity index (χ2v) is 5.92. The summed E-state index contributed by atoms with van der Waals surface area (Å²) in [6.07, 6.45) is 0. The van der Waals surface area contributed by atoms with Crippen LogP contribution in [0.2, 0.25) is 0 Å². The predicted octanol–water partition coefficient (Wildman–Crippen LogP) is 3.50. The van der Waals surface area contributed by atoms with Crippen LogP contribution in [0, 0.1) is 0 Å². The van der Waals surface area contributed by atoms with E-state index in [1.807, 2.05) is 25.1 Å². The maximum absolute atomic E-state index is 12.5. The van der Waals surface area contributed by atoms with E-state index in [0.717, 1.165) is 5.56 Å². The van der Waals surface area contributed by atoms with Crippen LogP contribution < -0.4 is 20.7 Å². The fourth-order valence-electron chi connectivity index (χ4n) is 2.50. The molecule has 0 bridgehead atoms. The Morgan fingerprint density at radius 2 is 1.93 bits per heavy atom. The molecular formula is C20H24F2N4O2. The Morgan fingerprint density at radius 1 is 1.14 bits per heavy atom. The number of halogens is 2. The van der Waals surface area contributed by atoms with E-state index < -0.39 is 6.61 Å². The number of ether oxygens (including phenoxy) is 1. The van der Waals surface area contributed by atoms with E-state index in [1.54, 1.807) is 24.3 Å². The molecule has 2 aromatic rings. The number of carbonyl (C=O) groups is 1. The number of nitrogens with zero attached hydrogens (tertiary/aromatic N) is 1. The molecule has 150 valence electrons. The van der Waals surface area contributed by atoms with Gasteiger partial charge in [-0.15, -0.1) is 0 Å². The zero-order chi connectivity index (χ0) is 20.4. The van der Waals surface area contributed by atoms with Crippen LogP contribution in [-0.2, 0) is 17.9 Å². The van der Waals surface area contributed by atoms with Gasteiger partial charge in [0.2, 0.25) is 5.91 Å². The van der Waals surface area contributed by atoms with Crippen LogP contribution >= 0.6 is 0 Å². The third kappa shape index (κ3) is 7.22. The molecule has 0 saturated carbocycles. The van der Waals surface area contributed by atoms with Crippen molar-refractivity contribution in [3.63, 3.8) is 0 Å². The van der Waals surface area contributed by atoms with E-state index >= 15 is 0 Å². The van der Waals surface area contributed by atoms with Gasteiger partial charge >= 0.3 is 6.61 Å². The molecule has 0 aliphatic rings. The lowest BCUT2D eigenvalue weighted by Gasteiger charge is -2.14. The van der Waals surface area contributed by atoms with Crippen LogP contribution in [0.4, 0.5) is 14.5 Å². The summed E-state index contributed by atoms with van der Waals surface area (Å²) in [6, 6.07) is 14.0. The summed E-state index contributed by atoms with van der Waals surface area (Å²) in [4.78, 5) is 15.7. The molecular weight excluding hydrogens is 366 g/mol. The van der Waals surface area contributed by atoms with E-state index in [-0.39, 0.29) is 18.2 Å². The van der Waals surface area contributed by atoms with Crippen molar-refractivity contribution in [2.45, 2.75) is 33.5 Å². The summed E-state index contributed by atoms with van der Waals surface area (Å²) in [6.45, 7) is 1.82. The van der Waals surface area contributed by atoms with E-state index in [1.165, 1.54) is 13.0 Å². The molecule has 0 spiro atoms. The van der Waals surface area contributed by atoms with Crippen LogP contribution in [0.3, 0.4) is 0 Å². The Balaban J connectivity index is 2.04. The van der Waals surface area contributed by atoms with E-state index in [2.05, 4.69) is 25.7 Å². The average Bonchev–Trinajstić information content (AvgIpc) is 2.64. The lowest BCUT2D eigenvalue weighted by atomic mass is 10.2. The maximum atomic E-state index is 12.5. The van der Waals surface area contributed by atoms with Crippen LogP contribution in [0.5, 0.6) is 5.75 Å². The smallest absolute Gasteiger partial charge is 0.387 e. The zero-order valence-electron chi connectivity index (χ0n) is 15.8. The molecule has 0 aliphatic carbocycles. The van der Waals surface area contributed by atoms with Crippen molar-refractivity contribution in [1.29, 1.82) is 0 Å². The van der Waals surface area contributed by atoms with Gasteiger partial charge in [0, 0.05) is 31.3 Å². The van der Waals surface area contributed by atoms with Gasteiger partial charge in [-0.3, -0.25) is 4.79 Å². The molecule has 0 radical (unpaired) electrons. The molecule has 8 heteroatoms. The number of amides is 1. The lowest BCUT2D eigenvalue weighted by Crippen LogP contribution is -2.36. The van der Waals surface area contributed by atoms with Crippen molar-refractivity contribution in [3.8, 4) is 5.75 Å². The molecule has 0 unspecified atom stereocenters. The number of hydrogen-bond acceptors (Lipinski definition) is 3. The minimum absolute atomic E-state index is 0.129. The van der Waals surface area contributed by atoms with Crippen molar-refractivity contribution in [2.24, 2.45) is 4.99 Å². The van der Waals surface area contributed by atoms with Crippen molar-refractivity contribution in [2.75, 3.05) is 11.9 Å². The molecule has 0 atom stereocenters. The van der Waals surface area contributed by atoms with Gasteiger partial charge in [0.05, 0.1) is 6.54 Å². The first-order chi connectivity index (χ1) is 13.5. The summed E-state index contributed by atoms with van der Waals surface area (Å²) in [5, 5.41) is 8.95. The van der Waals surface area contributed by atoms with Gasteiger partial charge in [-0.2, -0.15) is 8.78 Å². The summed E-state index contributed by atoms with van der Waals surface area (Å²) >= 11 is 0. The number of benzene rings is 2. The van der Waals surface area contributed by atoms with E-state index in [0.29, 0.717) is 30.3 Å². The van der Waals surface area contributed by atoms with Crippen molar-refractivity contribution in [3.05, 3.63) is 59.7 Å². The Hall–Kier alpha value is -3.16. The van der Waals surface area contributed by atoms with E-state index in [4.69, 9.17) is 0 Å². The Labute approximate surface area is 163 Å².